The summed E-state index contributed by atoms with van der Waals surface area (Å²) in [5.41, 5.74) is 11.4. The van der Waals surface area contributed by atoms with Crippen molar-refractivity contribution >= 4 is 40.5 Å². The van der Waals surface area contributed by atoms with Gasteiger partial charge in [0.2, 0.25) is 0 Å². The molecule has 3 aromatic rings. The number of nitrogens with one attached hydrogen (secondary N) is 1. The molecule has 0 saturated heterocycles. The van der Waals surface area contributed by atoms with E-state index in [0.29, 0.717) is 4.88 Å². The van der Waals surface area contributed by atoms with Gasteiger partial charge in [-0.25, -0.2) is 4.98 Å². The Morgan fingerprint density at radius 2 is 1.73 bits per heavy atom. The Labute approximate surface area is 161 Å². The third kappa shape index (κ3) is 4.08. The van der Waals surface area contributed by atoms with Crippen LogP contribution in [0.25, 0.3) is 0 Å². The fourth-order valence-electron chi connectivity index (χ4n) is 2.63. The van der Waals surface area contributed by atoms with Crippen LogP contribution in [0.5, 0.6) is 0 Å². The second kappa shape index (κ2) is 7.93. The lowest BCUT2D eigenvalue weighted by molar-refractivity contribution is 0.103. The van der Waals surface area contributed by atoms with Gasteiger partial charge in [-0.15, -0.1) is 11.3 Å². The van der Waals surface area contributed by atoms with Gasteiger partial charge in [0.25, 0.3) is 5.91 Å². The first-order valence-electron chi connectivity index (χ1n) is 8.27. The van der Waals surface area contributed by atoms with Crippen LogP contribution in [0.2, 0.25) is 0 Å². The van der Waals surface area contributed by atoms with Gasteiger partial charge < -0.3 is 11.1 Å². The number of carbonyl (C=O) groups excluding carboxylic acids is 1. The Morgan fingerprint density at radius 1 is 1.08 bits per heavy atom. The number of benzene rings is 2. The van der Waals surface area contributed by atoms with Crippen LogP contribution in [0.3, 0.4) is 0 Å². The number of thioether (sulfide) groups is 1. The molecule has 1 amide bonds. The molecule has 0 saturated carbocycles. The first-order chi connectivity index (χ1) is 12.5. The number of anilines is 2. The zero-order valence-corrected chi connectivity index (χ0v) is 16.6. The van der Waals surface area contributed by atoms with Gasteiger partial charge in [0.15, 0.2) is 4.34 Å². The summed E-state index contributed by atoms with van der Waals surface area (Å²) < 4.78 is 0.803. The molecule has 0 radical (unpaired) electrons. The summed E-state index contributed by atoms with van der Waals surface area (Å²) in [6.45, 7) is 6.04. The smallest absolute Gasteiger partial charge is 0.269 e. The summed E-state index contributed by atoms with van der Waals surface area (Å²) in [6.07, 6.45) is 0. The minimum absolute atomic E-state index is 0.208. The molecule has 4 nitrogen and oxygen atoms in total. The maximum absolute atomic E-state index is 12.7. The van der Waals surface area contributed by atoms with E-state index in [4.69, 9.17) is 5.73 Å². The number of nitrogen functional groups attached to an aromatic ring is 1. The number of aromatic nitrogens is 1. The predicted molar refractivity (Wildman–Crippen MR) is 111 cm³/mol. The molecule has 0 spiro atoms. The van der Waals surface area contributed by atoms with Crippen LogP contribution >= 0.6 is 23.1 Å². The van der Waals surface area contributed by atoms with E-state index in [-0.39, 0.29) is 11.7 Å². The summed E-state index contributed by atoms with van der Waals surface area (Å²) in [6, 6.07) is 14.2. The zero-order chi connectivity index (χ0) is 18.7. The number of para-hydroxylation sites is 1. The highest BCUT2D eigenvalue weighted by Gasteiger charge is 2.18. The minimum Gasteiger partial charge on any atom is -0.382 e. The Balaban J connectivity index is 1.73. The second-order valence-corrected chi connectivity index (χ2v) is 8.35. The van der Waals surface area contributed by atoms with E-state index in [2.05, 4.69) is 29.4 Å². The molecule has 6 heteroatoms. The van der Waals surface area contributed by atoms with E-state index in [1.54, 1.807) is 11.8 Å². The number of nitrogens with two attached hydrogens (primary N) is 1. The van der Waals surface area contributed by atoms with Crippen LogP contribution in [0.4, 0.5) is 11.5 Å². The van der Waals surface area contributed by atoms with Crippen LogP contribution < -0.4 is 11.1 Å². The zero-order valence-electron chi connectivity index (χ0n) is 15.0. The monoisotopic (exact) mass is 383 g/mol. The summed E-state index contributed by atoms with van der Waals surface area (Å²) in [4.78, 5) is 17.5. The normalized spacial score (nSPS) is 10.7. The molecule has 26 heavy (non-hydrogen) atoms. The average molecular weight is 384 g/mol. The maximum atomic E-state index is 12.7. The SMILES string of the molecule is Cc1ccccc1CSc1nc(N)c(C(=O)Nc2c(C)cccc2C)s1. The number of hydrogen-bond acceptors (Lipinski definition) is 5. The first-order valence-corrected chi connectivity index (χ1v) is 10.1. The van der Waals surface area contributed by atoms with E-state index < -0.39 is 0 Å². The van der Waals surface area contributed by atoms with Crippen LogP contribution in [0.1, 0.15) is 31.9 Å². The van der Waals surface area contributed by atoms with Gasteiger partial charge in [0.05, 0.1) is 0 Å². The highest BCUT2D eigenvalue weighted by atomic mass is 32.2. The fourth-order valence-corrected chi connectivity index (χ4v) is 4.67. The molecule has 134 valence electrons. The predicted octanol–water partition coefficient (Wildman–Crippen LogP) is 5.20. The van der Waals surface area contributed by atoms with Gasteiger partial charge in [-0.1, -0.05) is 54.2 Å². The van der Waals surface area contributed by atoms with E-state index >= 15 is 0 Å². The summed E-state index contributed by atoms with van der Waals surface area (Å²) in [5.74, 6) is 0.878. The molecule has 0 aliphatic rings. The van der Waals surface area contributed by atoms with Crippen molar-refractivity contribution in [2.24, 2.45) is 0 Å². The molecule has 0 atom stereocenters. The van der Waals surface area contributed by atoms with Gasteiger partial charge in [0.1, 0.15) is 10.7 Å². The molecular formula is C20H21N3OS2. The lowest BCUT2D eigenvalue weighted by atomic mass is 10.1. The third-order valence-corrected chi connectivity index (χ3v) is 6.43. The lowest BCUT2D eigenvalue weighted by Gasteiger charge is -2.10. The number of thiazole rings is 1. The third-order valence-electron chi connectivity index (χ3n) is 4.17. The Hall–Kier alpha value is -2.31. The van der Waals surface area contributed by atoms with Crippen molar-refractivity contribution in [1.82, 2.24) is 4.98 Å². The standard InChI is InChI=1S/C20H21N3OS2/c1-12-7-4-5-10-15(12)11-25-20-23-18(21)17(26-20)19(24)22-16-13(2)8-6-9-14(16)3/h4-10H,11,21H2,1-3H3,(H,22,24). The summed E-state index contributed by atoms with van der Waals surface area (Å²) in [7, 11) is 0. The molecule has 0 aliphatic carbocycles. The molecule has 0 fully saturated rings. The van der Waals surface area contributed by atoms with E-state index in [1.165, 1.54) is 22.5 Å². The van der Waals surface area contributed by atoms with Gasteiger partial charge in [-0.3, -0.25) is 4.79 Å². The fraction of sp³-hybridized carbons (Fsp3) is 0.200. The Bertz CT molecular complexity index is 930. The van der Waals surface area contributed by atoms with Crippen LogP contribution in [-0.4, -0.2) is 10.9 Å². The maximum Gasteiger partial charge on any atom is 0.269 e. The minimum atomic E-state index is -0.208. The Kier molecular flexibility index (Phi) is 5.64. The van der Waals surface area contributed by atoms with Crippen molar-refractivity contribution in [2.45, 2.75) is 30.9 Å². The largest absolute Gasteiger partial charge is 0.382 e. The number of aryl methyl sites for hydroxylation is 3. The van der Waals surface area contributed by atoms with Gasteiger partial charge in [0, 0.05) is 11.4 Å². The molecule has 3 N–H and O–H groups in total. The Morgan fingerprint density at radius 3 is 2.42 bits per heavy atom. The van der Waals surface area contributed by atoms with E-state index in [1.807, 2.05) is 44.2 Å². The lowest BCUT2D eigenvalue weighted by Crippen LogP contribution is -2.14. The van der Waals surface area contributed by atoms with Crippen molar-refractivity contribution in [3.8, 4) is 0 Å². The molecular weight excluding hydrogens is 362 g/mol. The summed E-state index contributed by atoms with van der Waals surface area (Å²) >= 11 is 2.94. The molecule has 2 aromatic carbocycles. The molecule has 0 unspecified atom stereocenters. The van der Waals surface area contributed by atoms with Crippen LogP contribution in [0.15, 0.2) is 46.8 Å². The van der Waals surface area contributed by atoms with Crippen LogP contribution in [-0.2, 0) is 5.75 Å². The average Bonchev–Trinajstić information content (AvgIpc) is 2.98. The number of carbonyl (C=O) groups is 1. The van der Waals surface area contributed by atoms with E-state index in [0.717, 1.165) is 26.9 Å². The van der Waals surface area contributed by atoms with Crippen molar-refractivity contribution in [3.05, 3.63) is 69.6 Å². The number of amides is 1. The first kappa shape index (κ1) is 18.5. The van der Waals surface area contributed by atoms with Crippen molar-refractivity contribution in [3.63, 3.8) is 0 Å². The van der Waals surface area contributed by atoms with E-state index in [9.17, 15) is 4.79 Å². The molecule has 0 bridgehead atoms. The van der Waals surface area contributed by atoms with Gasteiger partial charge in [-0.2, -0.15) is 0 Å². The van der Waals surface area contributed by atoms with Gasteiger partial charge >= 0.3 is 0 Å². The van der Waals surface area contributed by atoms with Crippen molar-refractivity contribution in [2.75, 3.05) is 11.1 Å². The van der Waals surface area contributed by atoms with Crippen molar-refractivity contribution in [1.29, 1.82) is 0 Å². The number of rotatable bonds is 5. The number of nitrogens with zero attached hydrogens (tertiary/aromatic N) is 1. The number of hydrogen-bond donors (Lipinski definition) is 2. The molecule has 1 heterocycles. The van der Waals surface area contributed by atoms with Gasteiger partial charge in [-0.05, 0) is 43.0 Å². The molecule has 3 rings (SSSR count). The second-order valence-electron chi connectivity index (χ2n) is 6.13. The highest BCUT2D eigenvalue weighted by molar-refractivity contribution is 8.00. The summed E-state index contributed by atoms with van der Waals surface area (Å²) in [5, 5.41) is 2.97. The highest BCUT2D eigenvalue weighted by Crippen LogP contribution is 2.32. The molecule has 1 aromatic heterocycles. The van der Waals surface area contributed by atoms with Crippen molar-refractivity contribution < 1.29 is 4.79 Å². The van der Waals surface area contributed by atoms with Crippen LogP contribution in [0, 0.1) is 20.8 Å². The topological polar surface area (TPSA) is 68.0 Å². The molecule has 0 aliphatic heterocycles. The quantitative estimate of drug-likeness (QED) is 0.595.